The first-order valence-corrected chi connectivity index (χ1v) is 23.8. The molecule has 0 amide bonds. The number of hydrogen-bond donors (Lipinski definition) is 0. The van der Waals surface area contributed by atoms with Crippen LogP contribution in [0.25, 0.3) is 88.7 Å². The van der Waals surface area contributed by atoms with Crippen LogP contribution in [0.15, 0.2) is 265 Å². The van der Waals surface area contributed by atoms with E-state index >= 15 is 0 Å². The Kier molecular flexibility index (Phi) is 8.84. The molecule has 1 heterocycles. The van der Waals surface area contributed by atoms with E-state index in [1.807, 2.05) is 12.1 Å². The molecule has 2 heteroatoms. The summed E-state index contributed by atoms with van der Waals surface area (Å²) in [5.41, 5.74) is 24.5. The second-order valence-corrected chi connectivity index (χ2v) is 18.3. The van der Waals surface area contributed by atoms with Crippen molar-refractivity contribution in [2.45, 2.75) is 5.41 Å². The lowest BCUT2D eigenvalue weighted by molar-refractivity contribution is 0.670. The average Bonchev–Trinajstić information content (AvgIpc) is 4.06. The smallest absolute Gasteiger partial charge is 0.143 e. The molecule has 0 saturated carbocycles. The van der Waals surface area contributed by atoms with E-state index in [-0.39, 0.29) is 0 Å². The number of furan rings is 1. The summed E-state index contributed by atoms with van der Waals surface area (Å²) in [5, 5.41) is 2.26. The molecule has 2 aliphatic rings. The van der Waals surface area contributed by atoms with Gasteiger partial charge in [0.1, 0.15) is 11.2 Å². The molecule has 2 nitrogen and oxygen atoms in total. The van der Waals surface area contributed by atoms with Gasteiger partial charge in [0.05, 0.1) is 5.41 Å². The summed E-state index contributed by atoms with van der Waals surface area (Å²) in [6, 6.07) is 95.4. The van der Waals surface area contributed by atoms with Gasteiger partial charge in [-0.3, -0.25) is 0 Å². The molecular formula is C67H43NO. The number of fused-ring (bicyclic) bond motifs is 13. The summed E-state index contributed by atoms with van der Waals surface area (Å²) in [6.45, 7) is 0. The van der Waals surface area contributed by atoms with Gasteiger partial charge in [-0.05, 0) is 126 Å². The quantitative estimate of drug-likeness (QED) is 0.159. The van der Waals surface area contributed by atoms with E-state index < -0.39 is 5.41 Å². The molecule has 2 aliphatic carbocycles. The molecule has 0 atom stereocenters. The van der Waals surface area contributed by atoms with Gasteiger partial charge in [-0.2, -0.15) is 0 Å². The van der Waals surface area contributed by atoms with E-state index in [0.29, 0.717) is 0 Å². The highest BCUT2D eigenvalue weighted by Gasteiger charge is 2.52. The molecule has 0 bridgehead atoms. The molecule has 0 fully saturated rings. The number of nitrogens with zero attached hydrogens (tertiary/aromatic N) is 1. The average molecular weight is 878 g/mol. The first-order chi connectivity index (χ1) is 34.2. The van der Waals surface area contributed by atoms with Gasteiger partial charge in [0.2, 0.25) is 0 Å². The normalized spacial score (nSPS) is 12.8. The Morgan fingerprint density at radius 3 is 1.36 bits per heavy atom. The minimum atomic E-state index is -0.459. The van der Waals surface area contributed by atoms with Gasteiger partial charge in [0.15, 0.2) is 0 Å². The lowest BCUT2D eigenvalue weighted by Gasteiger charge is -2.32. The Balaban J connectivity index is 0.913. The van der Waals surface area contributed by atoms with Gasteiger partial charge in [0, 0.05) is 33.4 Å². The predicted molar refractivity (Wildman–Crippen MR) is 286 cm³/mol. The van der Waals surface area contributed by atoms with Crippen LogP contribution in [-0.4, -0.2) is 0 Å². The minimum absolute atomic E-state index is 0.459. The van der Waals surface area contributed by atoms with Crippen molar-refractivity contribution < 1.29 is 4.42 Å². The Morgan fingerprint density at radius 2 is 0.710 bits per heavy atom. The number of para-hydroxylation sites is 2. The fraction of sp³-hybridized carbons (Fsp3) is 0.0149. The third-order valence-corrected chi connectivity index (χ3v) is 14.7. The lowest BCUT2D eigenvalue weighted by Crippen LogP contribution is -2.26. The largest absolute Gasteiger partial charge is 0.455 e. The van der Waals surface area contributed by atoms with Crippen molar-refractivity contribution >= 4 is 39.0 Å². The van der Waals surface area contributed by atoms with Gasteiger partial charge < -0.3 is 9.32 Å². The summed E-state index contributed by atoms with van der Waals surface area (Å²) in [7, 11) is 0. The van der Waals surface area contributed by atoms with E-state index in [2.05, 4.69) is 254 Å². The van der Waals surface area contributed by atoms with E-state index in [1.54, 1.807) is 0 Å². The minimum Gasteiger partial charge on any atom is -0.455 e. The highest BCUT2D eigenvalue weighted by molar-refractivity contribution is 6.09. The van der Waals surface area contributed by atoms with Gasteiger partial charge in [0.25, 0.3) is 0 Å². The van der Waals surface area contributed by atoms with Crippen LogP contribution in [-0.2, 0) is 5.41 Å². The van der Waals surface area contributed by atoms with Crippen molar-refractivity contribution in [1.82, 2.24) is 0 Å². The predicted octanol–water partition coefficient (Wildman–Crippen LogP) is 18.1. The third kappa shape index (κ3) is 5.99. The number of hydrogen-bond acceptors (Lipinski definition) is 2. The first kappa shape index (κ1) is 39.2. The van der Waals surface area contributed by atoms with Gasteiger partial charge in [-0.25, -0.2) is 0 Å². The molecule has 0 saturated heterocycles. The van der Waals surface area contributed by atoms with Crippen LogP contribution < -0.4 is 4.90 Å². The summed E-state index contributed by atoms with van der Waals surface area (Å²) in [6.07, 6.45) is 0. The molecule has 1 spiro atoms. The monoisotopic (exact) mass is 877 g/mol. The number of anilines is 3. The molecule has 1 aromatic heterocycles. The van der Waals surface area contributed by atoms with Gasteiger partial charge in [-0.1, -0.05) is 218 Å². The summed E-state index contributed by atoms with van der Waals surface area (Å²) in [4.78, 5) is 2.39. The Hall–Kier alpha value is -8.98. The first-order valence-electron chi connectivity index (χ1n) is 23.8. The van der Waals surface area contributed by atoms with Crippen LogP contribution in [0.2, 0.25) is 0 Å². The van der Waals surface area contributed by atoms with Crippen LogP contribution in [0.4, 0.5) is 17.1 Å². The second-order valence-electron chi connectivity index (χ2n) is 18.3. The lowest BCUT2D eigenvalue weighted by atomic mass is 9.68. The molecule has 0 unspecified atom stereocenters. The maximum atomic E-state index is 6.50. The fourth-order valence-electron chi connectivity index (χ4n) is 11.7. The molecule has 12 aromatic rings. The van der Waals surface area contributed by atoms with Crippen LogP contribution in [0.3, 0.4) is 0 Å². The van der Waals surface area contributed by atoms with Crippen molar-refractivity contribution in [2.24, 2.45) is 0 Å². The SMILES string of the molecule is c1ccc(-c2ccc(-c3ccc(N(c4ccc(-c5cccc6c5oc5ccccc56)cc4)c4cccc(-c5cccc6c5C5(c7ccccc7-c7ccccc75)c5ccccc5-6)c4)cc3)cc2)cc1. The number of benzene rings is 11. The second kappa shape index (κ2) is 15.6. The van der Waals surface area contributed by atoms with E-state index in [0.717, 1.165) is 50.1 Å². The molecule has 0 aliphatic heterocycles. The van der Waals surface area contributed by atoms with Gasteiger partial charge in [-0.15, -0.1) is 0 Å². The van der Waals surface area contributed by atoms with Crippen molar-refractivity contribution in [3.63, 3.8) is 0 Å². The highest BCUT2D eigenvalue weighted by Crippen LogP contribution is 2.64. The Morgan fingerprint density at radius 1 is 0.275 bits per heavy atom. The summed E-state index contributed by atoms with van der Waals surface area (Å²) < 4.78 is 6.50. The van der Waals surface area contributed by atoms with Crippen LogP contribution in [0.1, 0.15) is 22.3 Å². The molecular weight excluding hydrogens is 835 g/mol. The molecule has 69 heavy (non-hydrogen) atoms. The summed E-state index contributed by atoms with van der Waals surface area (Å²) >= 11 is 0. The van der Waals surface area contributed by atoms with E-state index in [4.69, 9.17) is 4.42 Å². The van der Waals surface area contributed by atoms with Gasteiger partial charge >= 0.3 is 0 Å². The zero-order valence-electron chi connectivity index (χ0n) is 37.7. The van der Waals surface area contributed by atoms with E-state index in [1.165, 1.54) is 77.9 Å². The van der Waals surface area contributed by atoms with E-state index in [9.17, 15) is 0 Å². The summed E-state index contributed by atoms with van der Waals surface area (Å²) in [5.74, 6) is 0. The van der Waals surface area contributed by atoms with Crippen molar-refractivity contribution in [3.05, 3.63) is 283 Å². The Labute approximate surface area is 401 Å². The Bertz CT molecular complexity index is 3870. The maximum absolute atomic E-state index is 6.50. The molecule has 0 N–H and O–H groups in total. The van der Waals surface area contributed by atoms with Crippen molar-refractivity contribution in [1.29, 1.82) is 0 Å². The maximum Gasteiger partial charge on any atom is 0.143 e. The van der Waals surface area contributed by atoms with Crippen LogP contribution in [0.5, 0.6) is 0 Å². The molecule has 11 aromatic carbocycles. The fourth-order valence-corrected chi connectivity index (χ4v) is 11.7. The number of rotatable bonds is 7. The van der Waals surface area contributed by atoms with Crippen LogP contribution in [0, 0.1) is 0 Å². The zero-order chi connectivity index (χ0) is 45.5. The zero-order valence-corrected chi connectivity index (χ0v) is 37.7. The highest BCUT2D eigenvalue weighted by atomic mass is 16.3. The topological polar surface area (TPSA) is 16.4 Å². The van der Waals surface area contributed by atoms with Crippen molar-refractivity contribution in [2.75, 3.05) is 4.90 Å². The van der Waals surface area contributed by atoms with Crippen LogP contribution >= 0.6 is 0 Å². The van der Waals surface area contributed by atoms with Crippen molar-refractivity contribution in [3.8, 4) is 66.8 Å². The molecule has 322 valence electrons. The third-order valence-electron chi connectivity index (χ3n) is 14.7. The molecule has 0 radical (unpaired) electrons. The standard InChI is InChI=1S/C67H43NO/c1-2-15-44(16-3-1)45-31-33-46(34-32-45)47-35-39-50(40-36-47)68(51-41-37-48(38-42-51)54-24-14-26-60-58-22-7-11-30-64(58)69-66(54)60)52-18-12-17-49(43-52)53-23-13-25-59-57-21-6-10-29-63(57)67(65(53)59)61-27-8-4-19-55(61)56-20-5-9-28-62(56)67/h1-43H. The molecule has 14 rings (SSSR count).